The fraction of sp³-hybridized carbons (Fsp3) is 0.263. The molecule has 6 nitrogen and oxygen atoms in total. The zero-order chi connectivity index (χ0) is 18.6. The minimum atomic E-state index is -3.56. The summed E-state index contributed by atoms with van der Waals surface area (Å²) in [4.78, 5) is 18.2. The van der Waals surface area contributed by atoms with E-state index >= 15 is 0 Å². The second-order valence-corrected chi connectivity index (χ2v) is 8.05. The van der Waals surface area contributed by atoms with Gasteiger partial charge in [0, 0.05) is 44.6 Å². The third-order valence-electron chi connectivity index (χ3n) is 4.39. The molecule has 1 fully saturated rings. The Bertz CT molecular complexity index is 888. The number of hydrogen-bond acceptors (Lipinski definition) is 4. The summed E-state index contributed by atoms with van der Waals surface area (Å²) in [6.07, 6.45) is 4.50. The second-order valence-electron chi connectivity index (χ2n) is 6.11. The standard InChI is InChI=1S/C19H21N3O3S/c1-16(17-6-3-2-4-7-17)14-19(23)21-10-12-22(13-11-21)26(24,25)18-8-5-9-20-15-18/h2-9,14-15H,10-13H2,1H3. The van der Waals surface area contributed by atoms with Crippen molar-refractivity contribution in [1.82, 2.24) is 14.2 Å². The smallest absolute Gasteiger partial charge is 0.246 e. The molecule has 1 amide bonds. The van der Waals surface area contributed by atoms with Crippen LogP contribution >= 0.6 is 0 Å². The van der Waals surface area contributed by atoms with Gasteiger partial charge in [0.15, 0.2) is 0 Å². The van der Waals surface area contributed by atoms with Gasteiger partial charge in [-0.1, -0.05) is 30.3 Å². The van der Waals surface area contributed by atoms with Crippen molar-refractivity contribution in [2.24, 2.45) is 0 Å². The van der Waals surface area contributed by atoms with Crippen LogP contribution in [0.1, 0.15) is 12.5 Å². The molecule has 0 spiro atoms. The van der Waals surface area contributed by atoms with Gasteiger partial charge in [-0.25, -0.2) is 8.42 Å². The van der Waals surface area contributed by atoms with Crippen LogP contribution in [0.2, 0.25) is 0 Å². The highest BCUT2D eigenvalue weighted by Gasteiger charge is 2.29. The quantitative estimate of drug-likeness (QED) is 0.771. The van der Waals surface area contributed by atoms with Gasteiger partial charge in [0.25, 0.3) is 0 Å². The van der Waals surface area contributed by atoms with E-state index in [0.717, 1.165) is 11.1 Å². The number of sulfonamides is 1. The normalized spacial score (nSPS) is 16.5. The SMILES string of the molecule is CC(=CC(=O)N1CCN(S(=O)(=O)c2cccnc2)CC1)c1ccccc1. The van der Waals surface area contributed by atoms with Crippen LogP contribution < -0.4 is 0 Å². The van der Waals surface area contributed by atoms with E-state index in [9.17, 15) is 13.2 Å². The number of pyridine rings is 1. The van der Waals surface area contributed by atoms with Crippen molar-refractivity contribution in [3.05, 3.63) is 66.5 Å². The summed E-state index contributed by atoms with van der Waals surface area (Å²) >= 11 is 0. The lowest BCUT2D eigenvalue weighted by Gasteiger charge is -2.33. The molecular formula is C19H21N3O3S. The van der Waals surface area contributed by atoms with Gasteiger partial charge >= 0.3 is 0 Å². The number of nitrogens with zero attached hydrogens (tertiary/aromatic N) is 3. The Labute approximate surface area is 153 Å². The highest BCUT2D eigenvalue weighted by molar-refractivity contribution is 7.89. The maximum atomic E-state index is 12.6. The predicted octanol–water partition coefficient (Wildman–Crippen LogP) is 2.02. The van der Waals surface area contributed by atoms with Crippen LogP contribution in [0.3, 0.4) is 0 Å². The molecule has 2 aromatic rings. The van der Waals surface area contributed by atoms with E-state index in [1.54, 1.807) is 17.0 Å². The first-order chi connectivity index (χ1) is 12.5. The summed E-state index contributed by atoms with van der Waals surface area (Å²) in [5.74, 6) is -0.0928. The summed E-state index contributed by atoms with van der Waals surface area (Å²) in [7, 11) is -3.56. The fourth-order valence-corrected chi connectivity index (χ4v) is 4.25. The van der Waals surface area contributed by atoms with Gasteiger partial charge in [-0.3, -0.25) is 9.78 Å². The summed E-state index contributed by atoms with van der Waals surface area (Å²) < 4.78 is 26.6. The molecule has 0 aliphatic carbocycles. The molecule has 1 aromatic heterocycles. The fourth-order valence-electron chi connectivity index (χ4n) is 2.86. The number of piperazine rings is 1. The minimum Gasteiger partial charge on any atom is -0.337 e. The Kier molecular flexibility index (Phi) is 5.49. The molecule has 1 saturated heterocycles. The minimum absolute atomic E-state index is 0.0928. The molecule has 0 radical (unpaired) electrons. The zero-order valence-electron chi connectivity index (χ0n) is 14.6. The average molecular weight is 371 g/mol. The molecule has 1 aromatic carbocycles. The van der Waals surface area contributed by atoms with Gasteiger partial charge in [0.05, 0.1) is 0 Å². The molecule has 0 N–H and O–H groups in total. The van der Waals surface area contributed by atoms with Gasteiger partial charge in [-0.05, 0) is 30.2 Å². The van der Waals surface area contributed by atoms with Crippen molar-refractivity contribution in [2.75, 3.05) is 26.2 Å². The first kappa shape index (κ1) is 18.3. The first-order valence-electron chi connectivity index (χ1n) is 8.41. The number of allylic oxidation sites excluding steroid dienone is 1. The lowest BCUT2D eigenvalue weighted by Crippen LogP contribution is -2.50. The van der Waals surface area contributed by atoms with Crippen molar-refractivity contribution in [2.45, 2.75) is 11.8 Å². The maximum Gasteiger partial charge on any atom is 0.246 e. The maximum absolute atomic E-state index is 12.6. The van der Waals surface area contributed by atoms with E-state index in [2.05, 4.69) is 4.98 Å². The molecule has 136 valence electrons. The molecule has 0 bridgehead atoms. The van der Waals surface area contributed by atoms with Gasteiger partial charge < -0.3 is 4.90 Å². The van der Waals surface area contributed by atoms with E-state index < -0.39 is 10.0 Å². The number of rotatable bonds is 4. The third kappa shape index (κ3) is 4.00. The predicted molar refractivity (Wildman–Crippen MR) is 99.7 cm³/mol. The number of benzene rings is 1. The molecule has 7 heteroatoms. The Hall–Kier alpha value is -2.51. The largest absolute Gasteiger partial charge is 0.337 e. The number of hydrogen-bond donors (Lipinski definition) is 0. The average Bonchev–Trinajstić information content (AvgIpc) is 2.69. The summed E-state index contributed by atoms with van der Waals surface area (Å²) in [5, 5.41) is 0. The van der Waals surface area contributed by atoms with Crippen molar-refractivity contribution >= 4 is 21.5 Å². The van der Waals surface area contributed by atoms with Crippen molar-refractivity contribution in [3.8, 4) is 0 Å². The molecular weight excluding hydrogens is 350 g/mol. The van der Waals surface area contributed by atoms with E-state index in [4.69, 9.17) is 0 Å². The van der Waals surface area contributed by atoms with Crippen LogP contribution in [-0.2, 0) is 14.8 Å². The van der Waals surface area contributed by atoms with Crippen molar-refractivity contribution in [1.29, 1.82) is 0 Å². The van der Waals surface area contributed by atoms with E-state index in [1.807, 2.05) is 37.3 Å². The highest BCUT2D eigenvalue weighted by atomic mass is 32.2. The van der Waals surface area contributed by atoms with Gasteiger partial charge in [0.1, 0.15) is 4.90 Å². The van der Waals surface area contributed by atoms with Gasteiger partial charge in [-0.2, -0.15) is 4.31 Å². The Morgan fingerprint density at radius 2 is 1.73 bits per heavy atom. The number of carbonyl (C=O) groups is 1. The molecule has 0 unspecified atom stereocenters. The number of carbonyl (C=O) groups excluding carboxylic acids is 1. The molecule has 0 atom stereocenters. The molecule has 2 heterocycles. The van der Waals surface area contributed by atoms with Crippen LogP contribution in [0.5, 0.6) is 0 Å². The number of amides is 1. The van der Waals surface area contributed by atoms with Crippen LogP contribution in [0.15, 0.2) is 65.8 Å². The third-order valence-corrected chi connectivity index (χ3v) is 6.27. The van der Waals surface area contributed by atoms with E-state index in [-0.39, 0.29) is 23.9 Å². The molecule has 3 rings (SSSR count). The zero-order valence-corrected chi connectivity index (χ0v) is 15.4. The van der Waals surface area contributed by atoms with Crippen LogP contribution in [0, 0.1) is 0 Å². The monoisotopic (exact) mass is 371 g/mol. The molecule has 26 heavy (non-hydrogen) atoms. The second kappa shape index (κ2) is 7.80. The Balaban J connectivity index is 1.64. The molecule has 1 aliphatic heterocycles. The summed E-state index contributed by atoms with van der Waals surface area (Å²) in [5.41, 5.74) is 1.89. The lowest BCUT2D eigenvalue weighted by molar-refractivity contribution is -0.127. The van der Waals surface area contributed by atoms with E-state index in [1.165, 1.54) is 22.8 Å². The van der Waals surface area contributed by atoms with Crippen LogP contribution in [-0.4, -0.2) is 54.7 Å². The summed E-state index contributed by atoms with van der Waals surface area (Å²) in [6, 6.07) is 12.8. The highest BCUT2D eigenvalue weighted by Crippen LogP contribution is 2.18. The van der Waals surface area contributed by atoms with Crippen LogP contribution in [0.4, 0.5) is 0 Å². The topological polar surface area (TPSA) is 70.6 Å². The van der Waals surface area contributed by atoms with Crippen molar-refractivity contribution in [3.63, 3.8) is 0 Å². The van der Waals surface area contributed by atoms with Gasteiger partial charge in [-0.15, -0.1) is 0 Å². The molecule has 0 saturated carbocycles. The van der Waals surface area contributed by atoms with E-state index in [0.29, 0.717) is 13.1 Å². The number of aromatic nitrogens is 1. The molecule has 1 aliphatic rings. The van der Waals surface area contributed by atoms with Gasteiger partial charge in [0.2, 0.25) is 15.9 Å². The first-order valence-corrected chi connectivity index (χ1v) is 9.85. The Morgan fingerprint density at radius 3 is 2.35 bits per heavy atom. The summed E-state index contributed by atoms with van der Waals surface area (Å²) in [6.45, 7) is 3.20. The Morgan fingerprint density at radius 1 is 1.04 bits per heavy atom. The lowest BCUT2D eigenvalue weighted by atomic mass is 10.1. The van der Waals surface area contributed by atoms with Crippen molar-refractivity contribution < 1.29 is 13.2 Å². The van der Waals surface area contributed by atoms with Crippen LogP contribution in [0.25, 0.3) is 5.57 Å².